The number of hydrogen-bond donors (Lipinski definition) is 1. The summed E-state index contributed by atoms with van der Waals surface area (Å²) in [5.41, 5.74) is 0.948. The maximum absolute atomic E-state index is 6.15. The fourth-order valence-electron chi connectivity index (χ4n) is 1.67. The summed E-state index contributed by atoms with van der Waals surface area (Å²) >= 11 is 6.15. The summed E-state index contributed by atoms with van der Waals surface area (Å²) in [6.07, 6.45) is 1.67. The molecule has 0 bridgehead atoms. The van der Waals surface area contributed by atoms with Crippen molar-refractivity contribution in [3.05, 3.63) is 40.9 Å². The van der Waals surface area contributed by atoms with Gasteiger partial charge in [0.15, 0.2) is 0 Å². The Balaban J connectivity index is 2.00. The zero-order valence-corrected chi connectivity index (χ0v) is 11.1. The van der Waals surface area contributed by atoms with Gasteiger partial charge in [0.05, 0.1) is 13.7 Å². The molecule has 0 amide bonds. The molecule has 0 spiro atoms. The summed E-state index contributed by atoms with van der Waals surface area (Å²) in [6, 6.07) is 5.61. The summed E-state index contributed by atoms with van der Waals surface area (Å²) in [4.78, 5) is 0. The summed E-state index contributed by atoms with van der Waals surface area (Å²) < 4.78 is 7.15. The van der Waals surface area contributed by atoms with Crippen molar-refractivity contribution in [3.63, 3.8) is 0 Å². The lowest BCUT2D eigenvalue weighted by Gasteiger charge is -2.11. The van der Waals surface area contributed by atoms with Gasteiger partial charge in [0.25, 0.3) is 0 Å². The van der Waals surface area contributed by atoms with E-state index in [1.54, 1.807) is 13.4 Å². The van der Waals surface area contributed by atoms with Crippen molar-refractivity contribution in [1.29, 1.82) is 0 Å². The number of halogens is 1. The summed E-state index contributed by atoms with van der Waals surface area (Å²) in [5.74, 6) is 1.66. The lowest BCUT2D eigenvalue weighted by molar-refractivity contribution is 0.407. The molecule has 0 aliphatic carbocycles. The minimum atomic E-state index is 0.621. The number of aromatic nitrogens is 3. The second kappa shape index (κ2) is 5.84. The van der Waals surface area contributed by atoms with Crippen LogP contribution in [0.1, 0.15) is 11.4 Å². The van der Waals surface area contributed by atoms with Crippen LogP contribution in [0.15, 0.2) is 24.5 Å². The van der Waals surface area contributed by atoms with Crippen LogP contribution in [-0.4, -0.2) is 21.9 Å². The molecule has 0 radical (unpaired) electrons. The number of nitrogens with zero attached hydrogens (tertiary/aromatic N) is 3. The predicted molar refractivity (Wildman–Crippen MR) is 69.6 cm³/mol. The van der Waals surface area contributed by atoms with Crippen LogP contribution in [0.3, 0.4) is 0 Å². The van der Waals surface area contributed by atoms with E-state index >= 15 is 0 Å². The topological polar surface area (TPSA) is 52.0 Å². The molecule has 1 heterocycles. The zero-order chi connectivity index (χ0) is 13.0. The largest absolute Gasteiger partial charge is 0.496 e. The predicted octanol–water partition coefficient (Wildman–Crippen LogP) is 1.77. The van der Waals surface area contributed by atoms with Crippen LogP contribution in [0.25, 0.3) is 0 Å². The molecule has 5 nitrogen and oxygen atoms in total. The molecule has 0 unspecified atom stereocenters. The molecule has 1 N–H and O–H groups in total. The quantitative estimate of drug-likeness (QED) is 0.896. The highest BCUT2D eigenvalue weighted by Gasteiger charge is 2.07. The number of methoxy groups -OCH3 is 1. The van der Waals surface area contributed by atoms with Crippen molar-refractivity contribution in [1.82, 2.24) is 20.1 Å². The van der Waals surface area contributed by atoms with Crippen LogP contribution in [0.2, 0.25) is 5.02 Å². The second-order valence-corrected chi connectivity index (χ2v) is 4.29. The standard InChI is InChI=1S/C12H15ClN4O/c1-17-8-15-16-12(17)7-14-6-9-10(13)4-3-5-11(9)18-2/h3-5,8,14H,6-7H2,1-2H3. The Morgan fingerprint density at radius 3 is 2.89 bits per heavy atom. The third kappa shape index (κ3) is 2.80. The highest BCUT2D eigenvalue weighted by Crippen LogP contribution is 2.25. The zero-order valence-electron chi connectivity index (χ0n) is 10.4. The Hall–Kier alpha value is -1.59. The van der Waals surface area contributed by atoms with Crippen molar-refractivity contribution in [2.75, 3.05) is 7.11 Å². The van der Waals surface area contributed by atoms with Crippen LogP contribution >= 0.6 is 11.6 Å². The molecule has 96 valence electrons. The van der Waals surface area contributed by atoms with E-state index in [-0.39, 0.29) is 0 Å². The average Bonchev–Trinajstić information content (AvgIpc) is 2.77. The van der Waals surface area contributed by atoms with E-state index < -0.39 is 0 Å². The highest BCUT2D eigenvalue weighted by molar-refractivity contribution is 6.31. The van der Waals surface area contributed by atoms with Gasteiger partial charge in [-0.2, -0.15) is 0 Å². The Bertz CT molecular complexity index is 527. The molecule has 18 heavy (non-hydrogen) atoms. The Labute approximate surface area is 111 Å². The van der Waals surface area contributed by atoms with Crippen molar-refractivity contribution in [2.45, 2.75) is 13.1 Å². The number of ether oxygens (including phenoxy) is 1. The summed E-state index contributed by atoms with van der Waals surface area (Å²) in [6.45, 7) is 1.25. The van der Waals surface area contributed by atoms with E-state index in [4.69, 9.17) is 16.3 Å². The lowest BCUT2D eigenvalue weighted by Crippen LogP contribution is -2.16. The number of hydrogen-bond acceptors (Lipinski definition) is 4. The van der Waals surface area contributed by atoms with E-state index in [1.807, 2.05) is 29.8 Å². The van der Waals surface area contributed by atoms with Crippen molar-refractivity contribution in [3.8, 4) is 5.75 Å². The van der Waals surface area contributed by atoms with E-state index in [0.29, 0.717) is 18.1 Å². The Morgan fingerprint density at radius 2 is 2.22 bits per heavy atom. The number of nitrogens with one attached hydrogen (secondary N) is 1. The number of rotatable bonds is 5. The highest BCUT2D eigenvalue weighted by atomic mass is 35.5. The fraction of sp³-hybridized carbons (Fsp3) is 0.333. The summed E-state index contributed by atoms with van der Waals surface area (Å²) in [7, 11) is 3.55. The molecule has 0 saturated carbocycles. The van der Waals surface area contributed by atoms with Crippen LogP contribution in [-0.2, 0) is 20.1 Å². The third-order valence-corrected chi connectivity index (χ3v) is 3.04. The van der Waals surface area contributed by atoms with Gasteiger partial charge < -0.3 is 14.6 Å². The van der Waals surface area contributed by atoms with Crippen molar-refractivity contribution in [2.24, 2.45) is 7.05 Å². The minimum absolute atomic E-state index is 0.621. The van der Waals surface area contributed by atoms with Crippen molar-refractivity contribution >= 4 is 11.6 Å². The average molecular weight is 267 g/mol. The van der Waals surface area contributed by atoms with E-state index in [0.717, 1.165) is 17.1 Å². The number of benzene rings is 1. The molecule has 0 saturated heterocycles. The number of aryl methyl sites for hydroxylation is 1. The van der Waals surface area contributed by atoms with Gasteiger partial charge in [-0.05, 0) is 12.1 Å². The molecule has 0 aliphatic rings. The van der Waals surface area contributed by atoms with Gasteiger partial charge in [-0.25, -0.2) is 0 Å². The third-order valence-electron chi connectivity index (χ3n) is 2.69. The van der Waals surface area contributed by atoms with Crippen LogP contribution < -0.4 is 10.1 Å². The maximum atomic E-state index is 6.15. The molecule has 0 aliphatic heterocycles. The van der Waals surface area contributed by atoms with Gasteiger partial charge in [-0.15, -0.1) is 10.2 Å². The SMILES string of the molecule is COc1cccc(Cl)c1CNCc1nncn1C. The maximum Gasteiger partial charge on any atom is 0.146 e. The Kier molecular flexibility index (Phi) is 4.17. The first kappa shape index (κ1) is 12.9. The molecule has 2 rings (SSSR count). The van der Waals surface area contributed by atoms with Gasteiger partial charge in [0.2, 0.25) is 0 Å². The van der Waals surface area contributed by atoms with Gasteiger partial charge in [0.1, 0.15) is 17.9 Å². The Morgan fingerprint density at radius 1 is 1.39 bits per heavy atom. The van der Waals surface area contributed by atoms with Gasteiger partial charge in [-0.3, -0.25) is 0 Å². The molecular formula is C12H15ClN4O. The van der Waals surface area contributed by atoms with Crippen molar-refractivity contribution < 1.29 is 4.74 Å². The first-order chi connectivity index (χ1) is 8.72. The summed E-state index contributed by atoms with van der Waals surface area (Å²) in [5, 5.41) is 11.8. The normalized spacial score (nSPS) is 10.6. The van der Waals surface area contributed by atoms with E-state index in [9.17, 15) is 0 Å². The van der Waals surface area contributed by atoms with E-state index in [1.165, 1.54) is 0 Å². The van der Waals surface area contributed by atoms with Crippen LogP contribution in [0, 0.1) is 0 Å². The van der Waals surface area contributed by atoms with Crippen LogP contribution in [0.4, 0.5) is 0 Å². The minimum Gasteiger partial charge on any atom is -0.496 e. The lowest BCUT2D eigenvalue weighted by atomic mass is 10.2. The fourth-order valence-corrected chi connectivity index (χ4v) is 1.90. The van der Waals surface area contributed by atoms with Gasteiger partial charge in [0, 0.05) is 24.2 Å². The second-order valence-electron chi connectivity index (χ2n) is 3.88. The molecule has 1 aromatic heterocycles. The first-order valence-corrected chi connectivity index (χ1v) is 5.95. The molecule has 0 atom stereocenters. The molecule has 6 heteroatoms. The molecule has 2 aromatic rings. The first-order valence-electron chi connectivity index (χ1n) is 5.57. The van der Waals surface area contributed by atoms with Gasteiger partial charge >= 0.3 is 0 Å². The molecular weight excluding hydrogens is 252 g/mol. The molecule has 1 aromatic carbocycles. The molecule has 0 fully saturated rings. The monoisotopic (exact) mass is 266 g/mol. The smallest absolute Gasteiger partial charge is 0.146 e. The van der Waals surface area contributed by atoms with Gasteiger partial charge in [-0.1, -0.05) is 17.7 Å². The van der Waals surface area contributed by atoms with E-state index in [2.05, 4.69) is 15.5 Å². The van der Waals surface area contributed by atoms with Crippen LogP contribution in [0.5, 0.6) is 5.75 Å².